The zero-order chi connectivity index (χ0) is 11.5. The molecule has 6 nitrogen and oxygen atoms in total. The molecule has 0 aromatic carbocycles. The van der Waals surface area contributed by atoms with Crippen LogP contribution in [-0.2, 0) is 14.8 Å². The van der Waals surface area contributed by atoms with Gasteiger partial charge in [0.05, 0.1) is 0 Å². The normalized spacial score (nSPS) is 13.4. The maximum absolute atomic E-state index is 11.5. The molecule has 1 aromatic rings. The van der Waals surface area contributed by atoms with Gasteiger partial charge >= 0.3 is 5.97 Å². The predicted octanol–water partition coefficient (Wildman–Crippen LogP) is -0.167. The predicted molar refractivity (Wildman–Crippen MR) is 51.7 cm³/mol. The number of hydrogen-bond donors (Lipinski definition) is 2. The van der Waals surface area contributed by atoms with Crippen LogP contribution < -0.4 is 4.72 Å². The maximum Gasteiger partial charge on any atom is 0.321 e. The lowest BCUT2D eigenvalue weighted by atomic mass is 10.4. The van der Waals surface area contributed by atoms with Crippen LogP contribution in [0.2, 0.25) is 0 Å². The smallest absolute Gasteiger partial charge is 0.321 e. The van der Waals surface area contributed by atoms with Crippen LogP contribution >= 0.6 is 0 Å². The second-order valence-corrected chi connectivity index (χ2v) is 4.58. The van der Waals surface area contributed by atoms with Crippen LogP contribution in [0.5, 0.6) is 0 Å². The summed E-state index contributed by atoms with van der Waals surface area (Å²) in [6, 6.07) is 1.62. The average molecular weight is 230 g/mol. The van der Waals surface area contributed by atoms with Crippen molar-refractivity contribution >= 4 is 16.0 Å². The van der Waals surface area contributed by atoms with Gasteiger partial charge in [-0.3, -0.25) is 9.78 Å². The Bertz CT molecular complexity index is 443. The number of aliphatic carboxylic acids is 1. The lowest BCUT2D eigenvalue weighted by Crippen LogP contribution is -2.38. The lowest BCUT2D eigenvalue weighted by molar-refractivity contribution is -0.138. The molecule has 0 unspecified atom stereocenters. The molecular formula is C8H10N2O4S. The van der Waals surface area contributed by atoms with Crippen molar-refractivity contribution < 1.29 is 18.3 Å². The van der Waals surface area contributed by atoms with Gasteiger partial charge in [-0.15, -0.1) is 0 Å². The van der Waals surface area contributed by atoms with Gasteiger partial charge in [0, 0.05) is 12.4 Å². The van der Waals surface area contributed by atoms with Crippen LogP contribution in [-0.4, -0.2) is 30.5 Å². The highest BCUT2D eigenvalue weighted by molar-refractivity contribution is 7.89. The minimum Gasteiger partial charge on any atom is -0.480 e. The summed E-state index contributed by atoms with van der Waals surface area (Å²) >= 11 is 0. The third kappa shape index (κ3) is 3.00. The second-order valence-electron chi connectivity index (χ2n) is 2.87. The Hall–Kier alpha value is -1.47. The minimum absolute atomic E-state index is 0.0573. The van der Waals surface area contributed by atoms with Gasteiger partial charge in [-0.05, 0) is 19.1 Å². The van der Waals surface area contributed by atoms with Crippen LogP contribution in [0.1, 0.15) is 6.92 Å². The molecule has 0 spiro atoms. The fourth-order valence-electron chi connectivity index (χ4n) is 0.857. The lowest BCUT2D eigenvalue weighted by Gasteiger charge is -2.09. The van der Waals surface area contributed by atoms with Crippen molar-refractivity contribution in [1.82, 2.24) is 9.71 Å². The van der Waals surface area contributed by atoms with Crippen molar-refractivity contribution in [2.75, 3.05) is 0 Å². The largest absolute Gasteiger partial charge is 0.480 e. The number of nitrogens with one attached hydrogen (secondary N) is 1. The first-order valence-electron chi connectivity index (χ1n) is 4.08. The average Bonchev–Trinajstić information content (AvgIpc) is 2.18. The summed E-state index contributed by atoms with van der Waals surface area (Å²) in [4.78, 5) is 14.0. The number of carbonyl (C=O) groups is 1. The quantitative estimate of drug-likeness (QED) is 0.748. The zero-order valence-corrected chi connectivity index (χ0v) is 8.73. The first-order valence-corrected chi connectivity index (χ1v) is 5.57. The van der Waals surface area contributed by atoms with E-state index in [9.17, 15) is 13.2 Å². The summed E-state index contributed by atoms with van der Waals surface area (Å²) in [5, 5.41) is 8.55. The van der Waals surface area contributed by atoms with E-state index in [1.807, 2.05) is 4.72 Å². The third-order valence-electron chi connectivity index (χ3n) is 1.65. The van der Waals surface area contributed by atoms with Crippen molar-refractivity contribution in [1.29, 1.82) is 0 Å². The number of nitrogens with zero attached hydrogens (tertiary/aromatic N) is 1. The standard InChI is InChI=1S/C8H10N2O4S/c1-6(8(11)12)10-15(13,14)7-3-2-4-9-5-7/h2-6,10H,1H3,(H,11,12)/t6-/m1/s1. The molecule has 2 N–H and O–H groups in total. The maximum atomic E-state index is 11.5. The van der Waals surface area contributed by atoms with Crippen LogP contribution in [0.3, 0.4) is 0 Å². The van der Waals surface area contributed by atoms with Crippen LogP contribution in [0.25, 0.3) is 0 Å². The Morgan fingerprint density at radius 2 is 2.27 bits per heavy atom. The van der Waals surface area contributed by atoms with Gasteiger partial charge in [0.1, 0.15) is 10.9 Å². The van der Waals surface area contributed by atoms with Gasteiger partial charge in [-0.2, -0.15) is 4.72 Å². The number of aromatic nitrogens is 1. The van der Waals surface area contributed by atoms with E-state index in [-0.39, 0.29) is 4.90 Å². The number of hydrogen-bond acceptors (Lipinski definition) is 4. The first-order chi connectivity index (χ1) is 6.93. The van der Waals surface area contributed by atoms with E-state index in [1.165, 1.54) is 25.3 Å². The van der Waals surface area contributed by atoms with Gasteiger partial charge < -0.3 is 5.11 Å². The number of rotatable bonds is 4. The summed E-state index contributed by atoms with van der Waals surface area (Å²) in [6.07, 6.45) is 2.58. The molecular weight excluding hydrogens is 220 g/mol. The van der Waals surface area contributed by atoms with E-state index in [4.69, 9.17) is 5.11 Å². The molecule has 0 aliphatic rings. The molecule has 0 bridgehead atoms. The molecule has 7 heteroatoms. The van der Waals surface area contributed by atoms with Crippen LogP contribution in [0.15, 0.2) is 29.4 Å². The van der Waals surface area contributed by atoms with Crippen molar-refractivity contribution in [3.8, 4) is 0 Å². The molecule has 0 fully saturated rings. The molecule has 1 atom stereocenters. The number of carboxylic acid groups (broad SMARTS) is 1. The molecule has 1 heterocycles. The fraction of sp³-hybridized carbons (Fsp3) is 0.250. The molecule has 82 valence electrons. The molecule has 0 amide bonds. The van der Waals surface area contributed by atoms with E-state index in [0.717, 1.165) is 6.20 Å². The summed E-state index contributed by atoms with van der Waals surface area (Å²) in [5.41, 5.74) is 0. The molecule has 0 aliphatic heterocycles. The highest BCUT2D eigenvalue weighted by Gasteiger charge is 2.21. The minimum atomic E-state index is -3.80. The van der Waals surface area contributed by atoms with E-state index in [0.29, 0.717) is 0 Å². The van der Waals surface area contributed by atoms with Crippen LogP contribution in [0, 0.1) is 0 Å². The molecule has 0 saturated carbocycles. The Labute approximate surface area is 87.0 Å². The van der Waals surface area contributed by atoms with Crippen molar-refractivity contribution in [2.45, 2.75) is 17.9 Å². The highest BCUT2D eigenvalue weighted by Crippen LogP contribution is 2.06. The van der Waals surface area contributed by atoms with Gasteiger partial charge in [-0.25, -0.2) is 8.42 Å². The Morgan fingerprint density at radius 1 is 1.60 bits per heavy atom. The molecule has 15 heavy (non-hydrogen) atoms. The number of carboxylic acids is 1. The highest BCUT2D eigenvalue weighted by atomic mass is 32.2. The van der Waals surface area contributed by atoms with E-state index in [2.05, 4.69) is 4.98 Å². The Balaban J connectivity index is 2.91. The summed E-state index contributed by atoms with van der Waals surface area (Å²) in [7, 11) is -3.80. The second kappa shape index (κ2) is 4.37. The SMILES string of the molecule is C[C@@H](NS(=O)(=O)c1cccnc1)C(=O)O. The number of pyridine rings is 1. The van der Waals surface area contributed by atoms with Crippen molar-refractivity contribution in [2.24, 2.45) is 0 Å². The van der Waals surface area contributed by atoms with E-state index < -0.39 is 22.0 Å². The summed E-state index contributed by atoms with van der Waals surface area (Å²) < 4.78 is 25.1. The van der Waals surface area contributed by atoms with Crippen molar-refractivity contribution in [3.05, 3.63) is 24.5 Å². The van der Waals surface area contributed by atoms with Crippen LogP contribution in [0.4, 0.5) is 0 Å². The molecule has 1 aromatic heterocycles. The topological polar surface area (TPSA) is 96.4 Å². The zero-order valence-electron chi connectivity index (χ0n) is 7.91. The van der Waals surface area contributed by atoms with Gasteiger partial charge in [-0.1, -0.05) is 0 Å². The molecule has 0 saturated heterocycles. The van der Waals surface area contributed by atoms with E-state index in [1.54, 1.807) is 0 Å². The summed E-state index contributed by atoms with van der Waals surface area (Å²) in [5.74, 6) is -1.23. The monoisotopic (exact) mass is 230 g/mol. The van der Waals surface area contributed by atoms with E-state index >= 15 is 0 Å². The Morgan fingerprint density at radius 3 is 2.73 bits per heavy atom. The number of sulfonamides is 1. The van der Waals surface area contributed by atoms with Gasteiger partial charge in [0.15, 0.2) is 0 Å². The fourth-order valence-corrected chi connectivity index (χ4v) is 2.02. The van der Waals surface area contributed by atoms with Gasteiger partial charge in [0.2, 0.25) is 10.0 Å². The van der Waals surface area contributed by atoms with Gasteiger partial charge in [0.25, 0.3) is 0 Å². The molecule has 0 radical (unpaired) electrons. The summed E-state index contributed by atoms with van der Waals surface area (Å²) in [6.45, 7) is 1.25. The first kappa shape index (κ1) is 11.6. The molecule has 0 aliphatic carbocycles. The molecule has 1 rings (SSSR count). The third-order valence-corrected chi connectivity index (χ3v) is 3.17. The van der Waals surface area contributed by atoms with Crippen molar-refractivity contribution in [3.63, 3.8) is 0 Å². The Kier molecular flexibility index (Phi) is 3.38.